The van der Waals surface area contributed by atoms with E-state index in [1.165, 1.54) is 0 Å². The number of rotatable bonds is 4. The number of nitrogens with two attached hydrogens (primary N) is 1. The fraction of sp³-hybridized carbons (Fsp3) is 0.200. The van der Waals surface area contributed by atoms with Crippen molar-refractivity contribution in [2.45, 2.75) is 6.92 Å². The minimum Gasteiger partial charge on any atom is -0.477 e. The number of aromatic nitrogens is 1. The van der Waals surface area contributed by atoms with Gasteiger partial charge in [-0.1, -0.05) is 12.1 Å². The largest absolute Gasteiger partial charge is 0.477 e. The average Bonchev–Trinajstić information content (AvgIpc) is 2.47. The van der Waals surface area contributed by atoms with E-state index >= 15 is 0 Å². The Morgan fingerprint density at radius 3 is 2.55 bits per heavy atom. The Morgan fingerprint density at radius 1 is 1.25 bits per heavy atom. The van der Waals surface area contributed by atoms with Gasteiger partial charge in [0, 0.05) is 18.3 Å². The molecule has 1 amide bonds. The first kappa shape index (κ1) is 13.9. The molecule has 0 bridgehead atoms. The van der Waals surface area contributed by atoms with Crippen LogP contribution in [-0.2, 0) is 0 Å². The summed E-state index contributed by atoms with van der Waals surface area (Å²) in [5.74, 6) is 0.117. The van der Waals surface area contributed by atoms with Crippen LogP contribution in [0.4, 0.5) is 5.69 Å². The number of pyridine rings is 1. The molecule has 0 aliphatic rings. The van der Waals surface area contributed by atoms with E-state index < -0.39 is 0 Å². The van der Waals surface area contributed by atoms with Crippen LogP contribution in [0.2, 0.25) is 0 Å². The molecular formula is C15H17N3O2. The number of nitrogens with one attached hydrogen (secondary N) is 1. The zero-order valence-corrected chi connectivity index (χ0v) is 11.5. The van der Waals surface area contributed by atoms with Gasteiger partial charge in [0.15, 0.2) is 0 Å². The third-order valence-corrected chi connectivity index (χ3v) is 2.82. The molecule has 1 heterocycles. The van der Waals surface area contributed by atoms with Gasteiger partial charge in [-0.25, -0.2) is 4.98 Å². The highest BCUT2D eigenvalue weighted by Gasteiger charge is 2.14. The van der Waals surface area contributed by atoms with Crippen LogP contribution in [0.25, 0.3) is 11.3 Å². The van der Waals surface area contributed by atoms with Crippen LogP contribution >= 0.6 is 0 Å². The van der Waals surface area contributed by atoms with Crippen molar-refractivity contribution in [2.75, 3.05) is 19.4 Å². The molecule has 0 unspecified atom stereocenters. The third kappa shape index (κ3) is 2.88. The van der Waals surface area contributed by atoms with Gasteiger partial charge in [0.25, 0.3) is 5.91 Å². The first-order valence-electron chi connectivity index (χ1n) is 6.37. The van der Waals surface area contributed by atoms with Crippen LogP contribution in [0.3, 0.4) is 0 Å². The Morgan fingerprint density at radius 2 is 1.95 bits per heavy atom. The SMILES string of the molecule is CCOc1nc(-c2ccc(N)cc2)ccc1C(=O)NC. The second kappa shape index (κ2) is 6.06. The van der Waals surface area contributed by atoms with Crippen molar-refractivity contribution in [3.05, 3.63) is 42.0 Å². The van der Waals surface area contributed by atoms with E-state index in [1.54, 1.807) is 19.2 Å². The van der Waals surface area contributed by atoms with Gasteiger partial charge < -0.3 is 15.8 Å². The smallest absolute Gasteiger partial charge is 0.256 e. The molecule has 0 radical (unpaired) electrons. The maximum absolute atomic E-state index is 11.8. The molecule has 2 aromatic rings. The molecule has 20 heavy (non-hydrogen) atoms. The van der Waals surface area contributed by atoms with Crippen molar-refractivity contribution in [3.8, 4) is 17.1 Å². The van der Waals surface area contributed by atoms with Crippen molar-refractivity contribution >= 4 is 11.6 Å². The van der Waals surface area contributed by atoms with Crippen molar-refractivity contribution in [3.63, 3.8) is 0 Å². The maximum atomic E-state index is 11.8. The van der Waals surface area contributed by atoms with Gasteiger partial charge in [-0.05, 0) is 31.2 Å². The van der Waals surface area contributed by atoms with E-state index in [4.69, 9.17) is 10.5 Å². The molecule has 0 atom stereocenters. The molecule has 0 fully saturated rings. The number of benzene rings is 1. The number of hydrogen-bond acceptors (Lipinski definition) is 4. The number of nitrogen functional groups attached to an aromatic ring is 1. The predicted molar refractivity (Wildman–Crippen MR) is 78.6 cm³/mol. The summed E-state index contributed by atoms with van der Waals surface area (Å²) in [4.78, 5) is 16.2. The number of carbonyl (C=O) groups is 1. The first-order chi connectivity index (χ1) is 9.65. The molecule has 1 aromatic carbocycles. The maximum Gasteiger partial charge on any atom is 0.256 e. The zero-order valence-electron chi connectivity index (χ0n) is 11.5. The zero-order chi connectivity index (χ0) is 14.5. The van der Waals surface area contributed by atoms with Gasteiger partial charge in [-0.3, -0.25) is 4.79 Å². The van der Waals surface area contributed by atoms with Gasteiger partial charge in [-0.15, -0.1) is 0 Å². The molecule has 0 saturated heterocycles. The summed E-state index contributed by atoms with van der Waals surface area (Å²) in [5.41, 5.74) is 8.44. The molecule has 2 rings (SSSR count). The van der Waals surface area contributed by atoms with Crippen molar-refractivity contribution in [2.24, 2.45) is 0 Å². The Hall–Kier alpha value is -2.56. The summed E-state index contributed by atoms with van der Waals surface area (Å²) in [7, 11) is 1.58. The second-order valence-electron chi connectivity index (χ2n) is 4.18. The minimum absolute atomic E-state index is 0.218. The standard InChI is InChI=1S/C15H17N3O2/c1-3-20-15-12(14(19)17-2)8-9-13(18-15)10-4-6-11(16)7-5-10/h4-9H,3,16H2,1-2H3,(H,17,19). The quantitative estimate of drug-likeness (QED) is 0.835. The van der Waals surface area contributed by atoms with Crippen LogP contribution in [-0.4, -0.2) is 24.5 Å². The molecule has 1 aromatic heterocycles. The van der Waals surface area contributed by atoms with Gasteiger partial charge >= 0.3 is 0 Å². The van der Waals surface area contributed by atoms with Crippen LogP contribution in [0, 0.1) is 0 Å². The lowest BCUT2D eigenvalue weighted by Gasteiger charge is -2.10. The number of carbonyl (C=O) groups excluding carboxylic acids is 1. The van der Waals surface area contributed by atoms with Crippen LogP contribution in [0.15, 0.2) is 36.4 Å². The Bertz CT molecular complexity index is 609. The summed E-state index contributed by atoms with van der Waals surface area (Å²) in [6.07, 6.45) is 0. The molecule has 5 nitrogen and oxygen atoms in total. The van der Waals surface area contributed by atoms with Crippen LogP contribution in [0.1, 0.15) is 17.3 Å². The van der Waals surface area contributed by atoms with Crippen molar-refractivity contribution in [1.29, 1.82) is 0 Å². The van der Waals surface area contributed by atoms with Gasteiger partial charge in [0.1, 0.15) is 5.56 Å². The summed E-state index contributed by atoms with van der Waals surface area (Å²) in [5, 5.41) is 2.57. The second-order valence-corrected chi connectivity index (χ2v) is 4.18. The van der Waals surface area contributed by atoms with E-state index in [0.717, 1.165) is 11.3 Å². The summed E-state index contributed by atoms with van der Waals surface area (Å²) in [6.45, 7) is 2.30. The lowest BCUT2D eigenvalue weighted by molar-refractivity contribution is 0.0958. The summed E-state index contributed by atoms with van der Waals surface area (Å²) < 4.78 is 5.45. The minimum atomic E-state index is -0.218. The third-order valence-electron chi connectivity index (χ3n) is 2.82. The Kier molecular flexibility index (Phi) is 4.20. The fourth-order valence-electron chi connectivity index (χ4n) is 1.81. The highest BCUT2D eigenvalue weighted by Crippen LogP contribution is 2.24. The van der Waals surface area contributed by atoms with E-state index in [0.29, 0.717) is 23.7 Å². The number of anilines is 1. The summed E-state index contributed by atoms with van der Waals surface area (Å²) in [6, 6.07) is 10.9. The monoisotopic (exact) mass is 271 g/mol. The Labute approximate surface area is 117 Å². The summed E-state index contributed by atoms with van der Waals surface area (Å²) >= 11 is 0. The van der Waals surface area contributed by atoms with Crippen molar-refractivity contribution < 1.29 is 9.53 Å². The van der Waals surface area contributed by atoms with E-state index in [2.05, 4.69) is 10.3 Å². The lowest BCUT2D eigenvalue weighted by atomic mass is 10.1. The van der Waals surface area contributed by atoms with E-state index in [9.17, 15) is 4.79 Å². The fourth-order valence-corrected chi connectivity index (χ4v) is 1.81. The number of amides is 1. The van der Waals surface area contributed by atoms with Crippen molar-refractivity contribution in [1.82, 2.24) is 10.3 Å². The normalized spacial score (nSPS) is 10.1. The highest BCUT2D eigenvalue weighted by molar-refractivity contribution is 5.96. The van der Waals surface area contributed by atoms with E-state index in [1.807, 2.05) is 31.2 Å². The van der Waals surface area contributed by atoms with E-state index in [-0.39, 0.29) is 5.91 Å². The predicted octanol–water partition coefficient (Wildman–Crippen LogP) is 2.09. The number of nitrogens with zero attached hydrogens (tertiary/aromatic N) is 1. The molecule has 0 aliphatic carbocycles. The average molecular weight is 271 g/mol. The molecule has 0 spiro atoms. The number of hydrogen-bond donors (Lipinski definition) is 2. The molecule has 104 valence electrons. The molecule has 0 aliphatic heterocycles. The molecule has 3 N–H and O–H groups in total. The lowest BCUT2D eigenvalue weighted by Crippen LogP contribution is -2.19. The van der Waals surface area contributed by atoms with Crippen LogP contribution in [0.5, 0.6) is 5.88 Å². The van der Waals surface area contributed by atoms with Gasteiger partial charge in [0.2, 0.25) is 5.88 Å². The van der Waals surface area contributed by atoms with Crippen LogP contribution < -0.4 is 15.8 Å². The molecular weight excluding hydrogens is 254 g/mol. The molecule has 0 saturated carbocycles. The first-order valence-corrected chi connectivity index (χ1v) is 6.37. The highest BCUT2D eigenvalue weighted by atomic mass is 16.5. The Balaban J connectivity index is 2.43. The van der Waals surface area contributed by atoms with Gasteiger partial charge in [-0.2, -0.15) is 0 Å². The topological polar surface area (TPSA) is 77.2 Å². The number of ether oxygens (including phenoxy) is 1. The molecule has 5 heteroatoms. The van der Waals surface area contributed by atoms with Gasteiger partial charge in [0.05, 0.1) is 12.3 Å².